The normalized spacial score (nSPS) is 15.6. The van der Waals surface area contributed by atoms with E-state index < -0.39 is 16.8 Å². The topological polar surface area (TPSA) is 0 Å². The van der Waals surface area contributed by atoms with Gasteiger partial charge in [-0.2, -0.15) is 0 Å². The number of hydrogen-bond acceptors (Lipinski definition) is 0. The molecule has 0 amide bonds. The van der Waals surface area contributed by atoms with E-state index in [4.69, 9.17) is 0 Å². The van der Waals surface area contributed by atoms with Crippen molar-refractivity contribution >= 4 is 0 Å². The third-order valence-electron chi connectivity index (χ3n) is 2.76. The van der Waals surface area contributed by atoms with Crippen LogP contribution in [0.5, 0.6) is 0 Å². The summed E-state index contributed by atoms with van der Waals surface area (Å²) in [6, 6.07) is 0. The second-order valence-corrected chi connectivity index (χ2v) is 7.45. The number of alkyl halides is 2. The van der Waals surface area contributed by atoms with Crippen molar-refractivity contribution in [2.45, 2.75) is 67.7 Å². The molecule has 0 bridgehead atoms. The monoisotopic (exact) mass is 220 g/mol. The van der Waals surface area contributed by atoms with Gasteiger partial charge in [0.2, 0.25) is 0 Å². The van der Waals surface area contributed by atoms with Gasteiger partial charge in [-0.05, 0) is 11.8 Å². The standard InChI is InChI=1S/C13H26F2/c1-10(2,3)9-12(7,8)13(14,15)11(4,5)6/h9H2,1-8H3. The van der Waals surface area contributed by atoms with Crippen molar-refractivity contribution in [3.05, 3.63) is 0 Å². The average molecular weight is 220 g/mol. The summed E-state index contributed by atoms with van der Waals surface area (Å²) < 4.78 is 28.5. The average Bonchev–Trinajstić information content (AvgIpc) is 1.77. The highest BCUT2D eigenvalue weighted by Crippen LogP contribution is 2.52. The summed E-state index contributed by atoms with van der Waals surface area (Å²) in [4.78, 5) is 0. The summed E-state index contributed by atoms with van der Waals surface area (Å²) in [6.07, 6.45) is 0.518. The summed E-state index contributed by atoms with van der Waals surface area (Å²) in [5, 5.41) is 0. The molecule has 0 aromatic carbocycles. The van der Waals surface area contributed by atoms with Gasteiger partial charge in [0.05, 0.1) is 0 Å². The van der Waals surface area contributed by atoms with Crippen LogP contribution in [0, 0.1) is 16.2 Å². The van der Waals surface area contributed by atoms with E-state index in [1.807, 2.05) is 20.8 Å². The molecule has 0 aliphatic heterocycles. The molecule has 0 aromatic heterocycles. The lowest BCUT2D eigenvalue weighted by molar-refractivity contribution is -0.190. The first-order valence-electron chi connectivity index (χ1n) is 5.59. The molecule has 0 spiro atoms. The maximum absolute atomic E-state index is 14.2. The van der Waals surface area contributed by atoms with Crippen molar-refractivity contribution in [2.75, 3.05) is 0 Å². The predicted octanol–water partition coefficient (Wildman–Crippen LogP) is 5.13. The van der Waals surface area contributed by atoms with Gasteiger partial charge in [-0.3, -0.25) is 0 Å². The molecule has 2 heteroatoms. The second kappa shape index (κ2) is 3.71. The van der Waals surface area contributed by atoms with Crippen molar-refractivity contribution in [3.63, 3.8) is 0 Å². The molecule has 0 saturated heterocycles. The van der Waals surface area contributed by atoms with Crippen LogP contribution in [0.15, 0.2) is 0 Å². The second-order valence-electron chi connectivity index (χ2n) is 7.45. The lowest BCUT2D eigenvalue weighted by Crippen LogP contribution is -2.48. The maximum atomic E-state index is 14.2. The molecule has 0 fully saturated rings. The molecule has 0 N–H and O–H groups in total. The molecule has 0 nitrogen and oxygen atoms in total. The van der Waals surface area contributed by atoms with Crippen molar-refractivity contribution < 1.29 is 8.78 Å². The Morgan fingerprint density at radius 2 is 1.07 bits per heavy atom. The Kier molecular flexibility index (Phi) is 3.67. The van der Waals surface area contributed by atoms with Crippen LogP contribution >= 0.6 is 0 Å². The van der Waals surface area contributed by atoms with E-state index in [-0.39, 0.29) is 5.41 Å². The summed E-state index contributed by atoms with van der Waals surface area (Å²) in [6.45, 7) is 14.2. The van der Waals surface area contributed by atoms with E-state index in [2.05, 4.69) is 0 Å². The highest BCUT2D eigenvalue weighted by atomic mass is 19.3. The number of halogens is 2. The zero-order valence-electron chi connectivity index (χ0n) is 11.5. The smallest absolute Gasteiger partial charge is 0.206 e. The largest absolute Gasteiger partial charge is 0.257 e. The summed E-state index contributed by atoms with van der Waals surface area (Å²) in [5.41, 5.74) is -2.02. The fourth-order valence-electron chi connectivity index (χ4n) is 2.45. The maximum Gasteiger partial charge on any atom is 0.257 e. The van der Waals surface area contributed by atoms with Gasteiger partial charge >= 0.3 is 0 Å². The van der Waals surface area contributed by atoms with Gasteiger partial charge < -0.3 is 0 Å². The third-order valence-corrected chi connectivity index (χ3v) is 2.76. The molecule has 0 atom stereocenters. The van der Waals surface area contributed by atoms with Crippen LogP contribution in [-0.2, 0) is 0 Å². The summed E-state index contributed by atoms with van der Waals surface area (Å²) in [5.74, 6) is -2.66. The van der Waals surface area contributed by atoms with E-state index in [0.717, 1.165) is 0 Å². The Balaban J connectivity index is 5.03. The minimum atomic E-state index is -2.66. The van der Waals surface area contributed by atoms with Crippen molar-refractivity contribution in [3.8, 4) is 0 Å². The molecule has 15 heavy (non-hydrogen) atoms. The van der Waals surface area contributed by atoms with Crippen LogP contribution in [0.3, 0.4) is 0 Å². The highest BCUT2D eigenvalue weighted by molar-refractivity contribution is 4.95. The first-order chi connectivity index (χ1) is 6.21. The van der Waals surface area contributed by atoms with E-state index in [1.165, 1.54) is 0 Å². The van der Waals surface area contributed by atoms with E-state index >= 15 is 0 Å². The lowest BCUT2D eigenvalue weighted by Gasteiger charge is -2.45. The van der Waals surface area contributed by atoms with Gasteiger partial charge in [0.1, 0.15) is 0 Å². The van der Waals surface area contributed by atoms with Gasteiger partial charge in [-0.15, -0.1) is 0 Å². The summed E-state index contributed by atoms with van der Waals surface area (Å²) >= 11 is 0. The third kappa shape index (κ3) is 3.42. The minimum absolute atomic E-state index is 0.0712. The Labute approximate surface area is 93.4 Å². The first-order valence-corrected chi connectivity index (χ1v) is 5.59. The van der Waals surface area contributed by atoms with Crippen LogP contribution in [-0.4, -0.2) is 5.92 Å². The molecule has 0 heterocycles. The van der Waals surface area contributed by atoms with E-state index in [0.29, 0.717) is 6.42 Å². The fourth-order valence-corrected chi connectivity index (χ4v) is 2.45. The molecule has 0 aliphatic carbocycles. The summed E-state index contributed by atoms with van der Waals surface area (Å²) in [7, 11) is 0. The van der Waals surface area contributed by atoms with E-state index in [9.17, 15) is 8.78 Å². The Morgan fingerprint density at radius 1 is 0.733 bits per heavy atom. The first kappa shape index (κ1) is 14.9. The molecule has 0 radical (unpaired) electrons. The zero-order chi connectivity index (χ0) is 12.7. The van der Waals surface area contributed by atoms with Gasteiger partial charge in [-0.25, -0.2) is 8.78 Å². The van der Waals surface area contributed by atoms with Gasteiger partial charge in [0.25, 0.3) is 5.92 Å². The van der Waals surface area contributed by atoms with Gasteiger partial charge in [0, 0.05) is 10.8 Å². The molecular formula is C13H26F2. The highest BCUT2D eigenvalue weighted by Gasteiger charge is 2.55. The van der Waals surface area contributed by atoms with Gasteiger partial charge in [-0.1, -0.05) is 55.4 Å². The van der Waals surface area contributed by atoms with Crippen molar-refractivity contribution in [1.29, 1.82) is 0 Å². The van der Waals surface area contributed by atoms with Gasteiger partial charge in [0.15, 0.2) is 0 Å². The fraction of sp³-hybridized carbons (Fsp3) is 1.00. The number of hydrogen-bond donors (Lipinski definition) is 0. The molecule has 0 unspecified atom stereocenters. The van der Waals surface area contributed by atoms with E-state index in [1.54, 1.807) is 34.6 Å². The van der Waals surface area contributed by atoms with Crippen LogP contribution in [0.1, 0.15) is 61.8 Å². The molecule has 0 aromatic rings. The molecular weight excluding hydrogens is 194 g/mol. The number of rotatable bonds is 2. The minimum Gasteiger partial charge on any atom is -0.206 e. The van der Waals surface area contributed by atoms with Crippen molar-refractivity contribution in [2.24, 2.45) is 16.2 Å². The Hall–Kier alpha value is -0.140. The molecule has 0 aliphatic rings. The van der Waals surface area contributed by atoms with Crippen LogP contribution in [0.2, 0.25) is 0 Å². The van der Waals surface area contributed by atoms with Crippen molar-refractivity contribution in [1.82, 2.24) is 0 Å². The Morgan fingerprint density at radius 3 is 1.27 bits per heavy atom. The molecule has 0 rings (SSSR count). The van der Waals surface area contributed by atoms with Crippen LogP contribution < -0.4 is 0 Å². The predicted molar refractivity (Wildman–Crippen MR) is 62.3 cm³/mol. The van der Waals surface area contributed by atoms with Crippen LogP contribution in [0.4, 0.5) is 8.78 Å². The quantitative estimate of drug-likeness (QED) is 0.605. The molecule has 0 saturated carbocycles. The Bertz CT molecular complexity index is 214. The lowest BCUT2D eigenvalue weighted by atomic mass is 9.65. The van der Waals surface area contributed by atoms with Crippen LogP contribution in [0.25, 0.3) is 0 Å². The zero-order valence-corrected chi connectivity index (χ0v) is 11.5. The molecule has 92 valence electrons. The SMILES string of the molecule is CC(C)(C)CC(C)(C)C(F)(F)C(C)(C)C.